The first-order valence-electron chi connectivity index (χ1n) is 9.17. The molecular formula is C20H21ClN2O3S. The van der Waals surface area contributed by atoms with E-state index in [0.717, 1.165) is 31.2 Å². The molecule has 0 atom stereocenters. The van der Waals surface area contributed by atoms with Crippen LogP contribution in [0.4, 0.5) is 5.69 Å². The van der Waals surface area contributed by atoms with Crippen LogP contribution in [-0.4, -0.2) is 26.9 Å². The Bertz CT molecular complexity index is 967. The van der Waals surface area contributed by atoms with Gasteiger partial charge in [0.1, 0.15) is 0 Å². The molecule has 142 valence electrons. The minimum atomic E-state index is -3.65. The summed E-state index contributed by atoms with van der Waals surface area (Å²) in [5.74, 6) is -0.0799. The van der Waals surface area contributed by atoms with Gasteiger partial charge in [-0.15, -0.1) is 0 Å². The van der Waals surface area contributed by atoms with E-state index in [1.807, 2.05) is 6.07 Å². The van der Waals surface area contributed by atoms with E-state index >= 15 is 0 Å². The van der Waals surface area contributed by atoms with Crippen molar-refractivity contribution in [2.75, 3.05) is 10.8 Å². The topological polar surface area (TPSA) is 66.5 Å². The van der Waals surface area contributed by atoms with Gasteiger partial charge in [-0.3, -0.25) is 9.10 Å². The van der Waals surface area contributed by atoms with Crippen molar-refractivity contribution < 1.29 is 13.2 Å². The maximum absolute atomic E-state index is 13.0. The van der Waals surface area contributed by atoms with Gasteiger partial charge in [0.2, 0.25) is 0 Å². The van der Waals surface area contributed by atoms with Gasteiger partial charge in [-0.05, 0) is 67.3 Å². The summed E-state index contributed by atoms with van der Waals surface area (Å²) in [4.78, 5) is 12.7. The van der Waals surface area contributed by atoms with E-state index in [1.165, 1.54) is 16.4 Å². The zero-order valence-electron chi connectivity index (χ0n) is 14.8. The Morgan fingerprint density at radius 3 is 2.48 bits per heavy atom. The standard InChI is InChI=1S/C20H21ClN2O3S/c21-16-6-8-18(9-7-16)27(25,26)23-12-11-14-13-15(5-10-19(14)23)20(24)22-17-3-1-2-4-17/h5-10,13,17H,1-4,11-12H2,(H,22,24). The minimum absolute atomic E-state index is 0.0799. The third-order valence-corrected chi connectivity index (χ3v) is 7.37. The number of nitrogens with zero attached hydrogens (tertiary/aromatic N) is 1. The van der Waals surface area contributed by atoms with Crippen LogP contribution in [0.2, 0.25) is 5.02 Å². The Labute approximate surface area is 164 Å². The van der Waals surface area contributed by atoms with E-state index in [-0.39, 0.29) is 16.8 Å². The average Bonchev–Trinajstić information content (AvgIpc) is 3.31. The Hall–Kier alpha value is -2.05. The quantitative estimate of drug-likeness (QED) is 0.843. The van der Waals surface area contributed by atoms with E-state index in [2.05, 4.69) is 5.32 Å². The number of benzene rings is 2. The largest absolute Gasteiger partial charge is 0.349 e. The normalized spacial score (nSPS) is 17.1. The van der Waals surface area contributed by atoms with E-state index in [4.69, 9.17) is 11.6 Å². The van der Waals surface area contributed by atoms with Crippen molar-refractivity contribution in [1.82, 2.24) is 5.32 Å². The smallest absolute Gasteiger partial charge is 0.264 e. The van der Waals surface area contributed by atoms with Gasteiger partial charge in [0.25, 0.3) is 15.9 Å². The van der Waals surface area contributed by atoms with Crippen molar-refractivity contribution in [3.8, 4) is 0 Å². The number of carbonyl (C=O) groups excluding carboxylic acids is 1. The number of rotatable bonds is 4. The van der Waals surface area contributed by atoms with Crippen LogP contribution in [0.25, 0.3) is 0 Å². The number of carbonyl (C=O) groups is 1. The van der Waals surface area contributed by atoms with Gasteiger partial charge in [-0.2, -0.15) is 0 Å². The SMILES string of the molecule is O=C(NC1CCCC1)c1ccc2c(c1)CCN2S(=O)(=O)c1ccc(Cl)cc1. The molecule has 1 N–H and O–H groups in total. The van der Waals surface area contributed by atoms with Crippen molar-refractivity contribution in [3.05, 3.63) is 58.6 Å². The van der Waals surface area contributed by atoms with Crippen molar-refractivity contribution in [3.63, 3.8) is 0 Å². The summed E-state index contributed by atoms with van der Waals surface area (Å²) in [5.41, 5.74) is 2.11. The lowest BCUT2D eigenvalue weighted by Crippen LogP contribution is -2.32. The van der Waals surface area contributed by atoms with Crippen molar-refractivity contribution >= 4 is 33.2 Å². The minimum Gasteiger partial charge on any atom is -0.349 e. The first-order chi connectivity index (χ1) is 12.9. The molecule has 2 aromatic rings. The highest BCUT2D eigenvalue weighted by atomic mass is 35.5. The van der Waals surface area contributed by atoms with Gasteiger partial charge in [-0.25, -0.2) is 8.42 Å². The lowest BCUT2D eigenvalue weighted by atomic mass is 10.1. The number of amides is 1. The summed E-state index contributed by atoms with van der Waals surface area (Å²) in [6.45, 7) is 0.369. The summed E-state index contributed by atoms with van der Waals surface area (Å²) in [5, 5.41) is 3.57. The van der Waals surface area contributed by atoms with Crippen LogP contribution in [0.3, 0.4) is 0 Å². The van der Waals surface area contributed by atoms with Gasteiger partial charge in [0.15, 0.2) is 0 Å². The van der Waals surface area contributed by atoms with Crippen LogP contribution in [-0.2, 0) is 16.4 Å². The number of halogens is 1. The van der Waals surface area contributed by atoms with E-state index in [1.54, 1.807) is 24.3 Å². The van der Waals surface area contributed by atoms with Crippen molar-refractivity contribution in [1.29, 1.82) is 0 Å². The molecular weight excluding hydrogens is 384 g/mol. The summed E-state index contributed by atoms with van der Waals surface area (Å²) in [6, 6.07) is 11.7. The maximum atomic E-state index is 13.0. The molecule has 0 bridgehead atoms. The lowest BCUT2D eigenvalue weighted by Gasteiger charge is -2.20. The molecule has 1 saturated carbocycles. The zero-order chi connectivity index (χ0) is 19.0. The zero-order valence-corrected chi connectivity index (χ0v) is 16.4. The van der Waals surface area contributed by atoms with E-state index in [9.17, 15) is 13.2 Å². The first-order valence-corrected chi connectivity index (χ1v) is 11.0. The van der Waals surface area contributed by atoms with Crippen LogP contribution in [0.15, 0.2) is 47.4 Å². The van der Waals surface area contributed by atoms with Gasteiger partial charge >= 0.3 is 0 Å². The maximum Gasteiger partial charge on any atom is 0.264 e. The number of hydrogen-bond donors (Lipinski definition) is 1. The van der Waals surface area contributed by atoms with Crippen LogP contribution in [0, 0.1) is 0 Å². The monoisotopic (exact) mass is 404 g/mol. The summed E-state index contributed by atoms with van der Waals surface area (Å²) < 4.78 is 27.3. The van der Waals surface area contributed by atoms with Crippen LogP contribution in [0.1, 0.15) is 41.6 Å². The summed E-state index contributed by atoms with van der Waals surface area (Å²) >= 11 is 5.86. The number of hydrogen-bond acceptors (Lipinski definition) is 3. The fourth-order valence-corrected chi connectivity index (χ4v) is 5.46. The highest BCUT2D eigenvalue weighted by molar-refractivity contribution is 7.92. The molecule has 1 amide bonds. The second-order valence-corrected chi connectivity index (χ2v) is 9.38. The highest BCUT2D eigenvalue weighted by Crippen LogP contribution is 2.34. The summed E-state index contributed by atoms with van der Waals surface area (Å²) in [6.07, 6.45) is 4.97. The number of anilines is 1. The Morgan fingerprint density at radius 2 is 1.78 bits per heavy atom. The van der Waals surface area contributed by atoms with Crippen LogP contribution in [0.5, 0.6) is 0 Å². The third-order valence-electron chi connectivity index (χ3n) is 5.29. The van der Waals surface area contributed by atoms with E-state index in [0.29, 0.717) is 29.2 Å². The molecule has 0 spiro atoms. The molecule has 2 aliphatic rings. The molecule has 0 unspecified atom stereocenters. The molecule has 1 heterocycles. The molecule has 1 fully saturated rings. The molecule has 0 radical (unpaired) electrons. The lowest BCUT2D eigenvalue weighted by molar-refractivity contribution is 0.0938. The van der Waals surface area contributed by atoms with Crippen LogP contribution < -0.4 is 9.62 Å². The molecule has 7 heteroatoms. The molecule has 1 aliphatic carbocycles. The molecule has 0 aromatic heterocycles. The third kappa shape index (κ3) is 3.56. The molecule has 0 saturated heterocycles. The predicted molar refractivity (Wildman–Crippen MR) is 106 cm³/mol. The fourth-order valence-electron chi connectivity index (χ4n) is 3.84. The van der Waals surface area contributed by atoms with Gasteiger partial charge in [0.05, 0.1) is 10.6 Å². The second-order valence-electron chi connectivity index (χ2n) is 7.08. The van der Waals surface area contributed by atoms with Gasteiger partial charge in [-0.1, -0.05) is 24.4 Å². The Kier molecular flexibility index (Phi) is 4.86. The summed E-state index contributed by atoms with van der Waals surface area (Å²) in [7, 11) is -3.65. The Morgan fingerprint density at radius 1 is 1.07 bits per heavy atom. The van der Waals surface area contributed by atoms with Crippen molar-refractivity contribution in [2.24, 2.45) is 0 Å². The van der Waals surface area contributed by atoms with Gasteiger partial charge in [0, 0.05) is 23.2 Å². The van der Waals surface area contributed by atoms with Gasteiger partial charge < -0.3 is 5.32 Å². The average molecular weight is 405 g/mol. The van der Waals surface area contributed by atoms with Crippen molar-refractivity contribution in [2.45, 2.75) is 43.0 Å². The molecule has 1 aliphatic heterocycles. The number of nitrogens with one attached hydrogen (secondary N) is 1. The fraction of sp³-hybridized carbons (Fsp3) is 0.350. The molecule has 4 rings (SSSR count). The molecule has 5 nitrogen and oxygen atoms in total. The van der Waals surface area contributed by atoms with E-state index < -0.39 is 10.0 Å². The number of sulfonamides is 1. The second kappa shape index (κ2) is 7.17. The van der Waals surface area contributed by atoms with Crippen LogP contribution >= 0.6 is 11.6 Å². The predicted octanol–water partition coefficient (Wildman–Crippen LogP) is 3.76. The number of fused-ring (bicyclic) bond motifs is 1. The highest BCUT2D eigenvalue weighted by Gasteiger charge is 2.31. The first kappa shape index (κ1) is 18.3. The molecule has 27 heavy (non-hydrogen) atoms. The molecule has 2 aromatic carbocycles. The Balaban J connectivity index is 1.57.